The smallest absolute Gasteiger partial charge is 0.262 e. The molecule has 11 heteroatoms. The van der Waals surface area contributed by atoms with Crippen LogP contribution in [-0.4, -0.2) is 27.1 Å². The Labute approximate surface area is 191 Å². The molecule has 33 heavy (non-hydrogen) atoms. The van der Waals surface area contributed by atoms with Gasteiger partial charge in [0.15, 0.2) is 5.76 Å². The molecule has 1 aromatic heterocycles. The summed E-state index contributed by atoms with van der Waals surface area (Å²) in [5, 5.41) is 18.1. The van der Waals surface area contributed by atoms with Crippen molar-refractivity contribution in [1.29, 1.82) is 0 Å². The number of rotatable bonds is 6. The van der Waals surface area contributed by atoms with Crippen LogP contribution in [0.5, 0.6) is 0 Å². The summed E-state index contributed by atoms with van der Waals surface area (Å²) in [4.78, 5) is 0.263. The number of anilines is 1. The predicted molar refractivity (Wildman–Crippen MR) is 123 cm³/mol. The van der Waals surface area contributed by atoms with Crippen LogP contribution in [0.2, 0.25) is 0 Å². The van der Waals surface area contributed by atoms with Crippen LogP contribution >= 0.6 is 0 Å². The van der Waals surface area contributed by atoms with Crippen molar-refractivity contribution in [2.45, 2.75) is 16.4 Å². The van der Waals surface area contributed by atoms with Crippen molar-refractivity contribution in [1.82, 2.24) is 5.16 Å². The van der Waals surface area contributed by atoms with Gasteiger partial charge in [0.1, 0.15) is 18.0 Å². The van der Waals surface area contributed by atoms with E-state index < -0.39 is 26.7 Å². The second kappa shape index (κ2) is 10.4. The fourth-order valence-electron chi connectivity index (χ4n) is 2.73. The van der Waals surface area contributed by atoms with E-state index in [2.05, 4.69) is 9.88 Å². The summed E-state index contributed by atoms with van der Waals surface area (Å²) in [5.41, 5.74) is 1.15. The highest BCUT2D eigenvalue weighted by atomic mass is 32.2. The molecule has 0 amide bonds. The van der Waals surface area contributed by atoms with Crippen LogP contribution in [-0.2, 0) is 26.7 Å². The van der Waals surface area contributed by atoms with E-state index in [9.17, 15) is 21.9 Å². The van der Waals surface area contributed by atoms with Crippen molar-refractivity contribution >= 4 is 25.7 Å². The Kier molecular flexibility index (Phi) is 7.61. The van der Waals surface area contributed by atoms with E-state index in [1.54, 1.807) is 60.7 Å². The first-order valence-electron chi connectivity index (χ1n) is 9.53. The molecule has 0 fully saturated rings. The van der Waals surface area contributed by atoms with Gasteiger partial charge in [-0.25, -0.2) is 22.0 Å². The molecule has 0 aliphatic carbocycles. The number of aromatic nitrogens is 1. The van der Waals surface area contributed by atoms with Gasteiger partial charge in [0.2, 0.25) is 10.0 Å². The second-order valence-corrected chi connectivity index (χ2v) is 9.87. The van der Waals surface area contributed by atoms with Crippen LogP contribution in [0, 0.1) is 0 Å². The van der Waals surface area contributed by atoms with Crippen molar-refractivity contribution < 1.29 is 26.5 Å². The lowest BCUT2D eigenvalue weighted by molar-refractivity contribution is 0.230. The van der Waals surface area contributed by atoms with Crippen LogP contribution < -0.4 is 9.86 Å². The number of nitrogens with two attached hydrogens (primary N) is 1. The first-order chi connectivity index (χ1) is 15.7. The molecule has 1 heterocycles. The molecular formula is C22H21N3O6S2. The van der Waals surface area contributed by atoms with Crippen LogP contribution in [0.1, 0.15) is 5.76 Å². The lowest BCUT2D eigenvalue weighted by Gasteiger charge is -2.08. The molecule has 0 saturated carbocycles. The van der Waals surface area contributed by atoms with Crippen LogP contribution in [0.4, 0.5) is 5.69 Å². The van der Waals surface area contributed by atoms with E-state index >= 15 is 0 Å². The van der Waals surface area contributed by atoms with Crippen molar-refractivity contribution in [3.63, 3.8) is 0 Å². The molecule has 4 rings (SSSR count). The van der Waals surface area contributed by atoms with Crippen LogP contribution in [0.3, 0.4) is 0 Å². The molecule has 0 aliphatic rings. The number of benzene rings is 3. The molecule has 0 unspecified atom stereocenters. The second-order valence-electron chi connectivity index (χ2n) is 6.63. The third kappa shape index (κ3) is 6.26. The van der Waals surface area contributed by atoms with Gasteiger partial charge in [0.25, 0.3) is 10.0 Å². The summed E-state index contributed by atoms with van der Waals surface area (Å²) in [5.74, 6) is 0.0587. The predicted octanol–water partition coefficient (Wildman–Crippen LogP) is 2.97. The van der Waals surface area contributed by atoms with E-state index in [1.165, 1.54) is 24.3 Å². The van der Waals surface area contributed by atoms with E-state index in [1.807, 2.05) is 6.07 Å². The van der Waals surface area contributed by atoms with Gasteiger partial charge < -0.3 is 9.63 Å². The molecule has 0 saturated heterocycles. The average Bonchev–Trinajstić information content (AvgIpc) is 3.22. The Balaban J connectivity index is 0.000000257. The lowest BCUT2D eigenvalue weighted by Crippen LogP contribution is -2.14. The molecular weight excluding hydrogens is 466 g/mol. The molecule has 0 spiro atoms. The van der Waals surface area contributed by atoms with Gasteiger partial charge in [-0.1, -0.05) is 71.9 Å². The Morgan fingerprint density at radius 1 is 0.788 bits per heavy atom. The normalized spacial score (nSPS) is 11.3. The van der Waals surface area contributed by atoms with E-state index in [0.29, 0.717) is 11.3 Å². The van der Waals surface area contributed by atoms with Gasteiger partial charge in [-0.05, 0) is 24.3 Å². The molecule has 3 aromatic carbocycles. The van der Waals surface area contributed by atoms with Gasteiger partial charge in [-0.15, -0.1) is 0 Å². The maximum Gasteiger partial charge on any atom is 0.262 e. The Morgan fingerprint density at radius 2 is 1.27 bits per heavy atom. The largest absolute Gasteiger partial charge is 0.388 e. The summed E-state index contributed by atoms with van der Waals surface area (Å²) < 4.78 is 53.7. The molecule has 0 aliphatic heterocycles. The zero-order valence-electron chi connectivity index (χ0n) is 17.2. The minimum absolute atomic E-state index is 0.0587. The summed E-state index contributed by atoms with van der Waals surface area (Å²) in [6.07, 6.45) is 0. The van der Waals surface area contributed by atoms with E-state index in [4.69, 9.17) is 9.66 Å². The monoisotopic (exact) mass is 487 g/mol. The molecule has 0 bridgehead atoms. The van der Waals surface area contributed by atoms with Gasteiger partial charge in [-0.2, -0.15) is 0 Å². The molecule has 4 aromatic rings. The van der Waals surface area contributed by atoms with Crippen LogP contribution in [0.25, 0.3) is 11.3 Å². The number of hydrogen-bond acceptors (Lipinski definition) is 7. The fraction of sp³-hybridized carbons (Fsp3) is 0.0455. The number of aliphatic hydroxyl groups excluding tert-OH is 1. The Hall–Kier alpha value is -3.51. The number of primary sulfonamides is 1. The standard InChI is InChI=1S/C16H14N2O4S.C6H7NO2S/c19-11-14-16(15(17-22-14)12-7-3-1-4-8-12)18-23(20,21)13-9-5-2-6-10-13;7-10(8,9)6-4-2-1-3-5-6/h1-10,18-19H,11H2;1-5H,(H2,7,8,9). The van der Waals surface area contributed by atoms with Gasteiger partial charge in [0.05, 0.1) is 9.79 Å². The van der Waals surface area contributed by atoms with Gasteiger partial charge in [0, 0.05) is 5.56 Å². The highest BCUT2D eigenvalue weighted by Gasteiger charge is 2.23. The number of aliphatic hydroxyl groups is 1. The van der Waals surface area contributed by atoms with Gasteiger partial charge in [-0.3, -0.25) is 4.72 Å². The van der Waals surface area contributed by atoms with E-state index in [0.717, 1.165) is 0 Å². The lowest BCUT2D eigenvalue weighted by atomic mass is 10.1. The van der Waals surface area contributed by atoms with Crippen molar-refractivity contribution in [3.05, 3.63) is 96.8 Å². The minimum atomic E-state index is -3.81. The first-order valence-corrected chi connectivity index (χ1v) is 12.6. The third-order valence-electron chi connectivity index (χ3n) is 4.32. The van der Waals surface area contributed by atoms with Crippen molar-refractivity contribution in [2.75, 3.05) is 4.72 Å². The zero-order chi connectivity index (χ0) is 23.9. The average molecular weight is 488 g/mol. The third-order valence-corrected chi connectivity index (χ3v) is 6.61. The summed E-state index contributed by atoms with van der Waals surface area (Å²) in [7, 11) is -7.31. The van der Waals surface area contributed by atoms with E-state index in [-0.39, 0.29) is 21.2 Å². The highest BCUT2D eigenvalue weighted by molar-refractivity contribution is 7.92. The number of nitrogens with one attached hydrogen (secondary N) is 1. The minimum Gasteiger partial charge on any atom is -0.388 e. The molecule has 0 atom stereocenters. The highest BCUT2D eigenvalue weighted by Crippen LogP contribution is 2.32. The Bertz CT molecular complexity index is 1390. The topological polar surface area (TPSA) is 153 Å². The maximum atomic E-state index is 12.5. The van der Waals surface area contributed by atoms with Crippen molar-refractivity contribution in [2.24, 2.45) is 5.14 Å². The van der Waals surface area contributed by atoms with Gasteiger partial charge >= 0.3 is 0 Å². The summed E-state index contributed by atoms with van der Waals surface area (Å²) in [6, 6.07) is 24.8. The Morgan fingerprint density at radius 3 is 1.73 bits per heavy atom. The number of hydrogen-bond donors (Lipinski definition) is 3. The fourth-order valence-corrected chi connectivity index (χ4v) is 4.38. The molecule has 0 radical (unpaired) electrons. The quantitative estimate of drug-likeness (QED) is 0.378. The molecule has 172 valence electrons. The van der Waals surface area contributed by atoms with Crippen LogP contribution in [0.15, 0.2) is 105 Å². The first kappa shape index (κ1) is 24.1. The maximum absolute atomic E-state index is 12.5. The molecule has 9 nitrogen and oxygen atoms in total. The SMILES string of the molecule is NS(=O)(=O)c1ccccc1.O=S(=O)(Nc1c(-c2ccccc2)noc1CO)c1ccccc1. The summed E-state index contributed by atoms with van der Waals surface area (Å²) in [6.45, 7) is -0.466. The van der Waals surface area contributed by atoms with Crippen molar-refractivity contribution in [3.8, 4) is 11.3 Å². The molecule has 4 N–H and O–H groups in total. The number of sulfonamides is 2. The zero-order valence-corrected chi connectivity index (χ0v) is 18.8. The number of nitrogens with zero attached hydrogens (tertiary/aromatic N) is 1. The summed E-state index contributed by atoms with van der Waals surface area (Å²) >= 11 is 0.